The van der Waals surface area contributed by atoms with Crippen LogP contribution in [0.1, 0.15) is 32.3 Å². The van der Waals surface area contributed by atoms with Gasteiger partial charge in [-0.05, 0) is 38.7 Å². The molecule has 0 aromatic carbocycles. The highest BCUT2D eigenvalue weighted by Gasteiger charge is 2.37. The van der Waals surface area contributed by atoms with Gasteiger partial charge in [0.15, 0.2) is 0 Å². The maximum atomic E-state index is 5.24. The number of methoxy groups -OCH3 is 1. The van der Waals surface area contributed by atoms with Crippen molar-refractivity contribution in [2.24, 2.45) is 5.92 Å². The lowest BCUT2D eigenvalue weighted by molar-refractivity contribution is 0.332. The smallest absolute Gasteiger partial charge is 0.217 e. The first kappa shape index (κ1) is 11.4. The molecule has 16 heavy (non-hydrogen) atoms. The van der Waals surface area contributed by atoms with E-state index in [2.05, 4.69) is 30.2 Å². The zero-order valence-electron chi connectivity index (χ0n) is 10.3. The van der Waals surface area contributed by atoms with Crippen molar-refractivity contribution < 1.29 is 4.74 Å². The average Bonchev–Trinajstić information content (AvgIpc) is 3.11. The number of rotatable bonds is 5. The third kappa shape index (κ3) is 2.53. The molecule has 0 saturated heterocycles. The Balaban J connectivity index is 1.98. The van der Waals surface area contributed by atoms with Gasteiger partial charge in [-0.3, -0.25) is 0 Å². The van der Waals surface area contributed by atoms with Crippen LogP contribution in [0.25, 0.3) is 0 Å². The summed E-state index contributed by atoms with van der Waals surface area (Å²) in [5, 5.41) is 3.59. The van der Waals surface area contributed by atoms with E-state index in [9.17, 15) is 0 Å². The largest absolute Gasteiger partial charge is 0.481 e. The highest BCUT2D eigenvalue weighted by Crippen LogP contribution is 2.39. The maximum Gasteiger partial charge on any atom is 0.217 e. The average molecular weight is 220 g/mol. The van der Waals surface area contributed by atoms with Crippen LogP contribution in [0.3, 0.4) is 0 Å². The quantitative estimate of drug-likeness (QED) is 0.827. The number of aromatic nitrogens is 1. The summed E-state index contributed by atoms with van der Waals surface area (Å²) >= 11 is 0. The van der Waals surface area contributed by atoms with Crippen LogP contribution < -0.4 is 10.1 Å². The predicted octanol–water partition coefficient (Wildman–Crippen LogP) is 2.37. The first-order valence-corrected chi connectivity index (χ1v) is 5.86. The van der Waals surface area contributed by atoms with Crippen LogP contribution in [-0.4, -0.2) is 17.6 Å². The maximum absolute atomic E-state index is 5.24. The molecule has 1 heterocycles. The molecule has 0 spiro atoms. The molecule has 1 fully saturated rings. The fraction of sp³-hybridized carbons (Fsp3) is 0.615. The van der Waals surface area contributed by atoms with Crippen molar-refractivity contribution in [3.05, 3.63) is 23.9 Å². The van der Waals surface area contributed by atoms with Gasteiger partial charge in [0.1, 0.15) is 0 Å². The third-order valence-electron chi connectivity index (χ3n) is 3.38. The Morgan fingerprint density at radius 3 is 2.88 bits per heavy atom. The summed E-state index contributed by atoms with van der Waals surface area (Å²) in [6.07, 6.45) is 4.46. The van der Waals surface area contributed by atoms with E-state index >= 15 is 0 Å². The summed E-state index contributed by atoms with van der Waals surface area (Å²) in [6.45, 7) is 5.36. The molecule has 0 aliphatic heterocycles. The lowest BCUT2D eigenvalue weighted by Crippen LogP contribution is -2.40. The highest BCUT2D eigenvalue weighted by atomic mass is 16.5. The zero-order valence-corrected chi connectivity index (χ0v) is 10.3. The summed E-state index contributed by atoms with van der Waals surface area (Å²) in [5.41, 5.74) is 1.35. The molecule has 1 aromatic heterocycles. The topological polar surface area (TPSA) is 34.1 Å². The summed E-state index contributed by atoms with van der Waals surface area (Å²) in [6, 6.07) is 4.01. The Hall–Kier alpha value is -1.09. The normalized spacial score (nSPS) is 16.2. The lowest BCUT2D eigenvalue weighted by atomic mass is 9.98. The molecular formula is C13H20N2O. The molecule has 1 aromatic rings. The van der Waals surface area contributed by atoms with Crippen LogP contribution in [0.5, 0.6) is 5.88 Å². The molecule has 0 radical (unpaired) electrons. The molecule has 1 N–H and O–H groups in total. The van der Waals surface area contributed by atoms with E-state index in [0.717, 1.165) is 23.9 Å². The van der Waals surface area contributed by atoms with Crippen LogP contribution in [0.4, 0.5) is 0 Å². The Morgan fingerprint density at radius 2 is 2.25 bits per heavy atom. The lowest BCUT2D eigenvalue weighted by Gasteiger charge is -2.26. The fourth-order valence-electron chi connectivity index (χ4n) is 2.01. The summed E-state index contributed by atoms with van der Waals surface area (Å²) < 4.78 is 5.24. The molecule has 88 valence electrons. The van der Waals surface area contributed by atoms with Crippen LogP contribution in [-0.2, 0) is 6.54 Å². The Labute approximate surface area is 97.2 Å². The van der Waals surface area contributed by atoms with E-state index in [1.165, 1.54) is 12.8 Å². The van der Waals surface area contributed by atoms with Gasteiger partial charge in [0, 0.05) is 23.8 Å². The molecule has 0 atom stereocenters. The van der Waals surface area contributed by atoms with Gasteiger partial charge in [-0.2, -0.15) is 0 Å². The Bertz CT molecular complexity index is 359. The molecule has 3 heteroatoms. The predicted molar refractivity (Wildman–Crippen MR) is 64.4 cm³/mol. The fourth-order valence-corrected chi connectivity index (χ4v) is 2.01. The zero-order chi connectivity index (χ0) is 11.6. The van der Waals surface area contributed by atoms with Crippen molar-refractivity contribution in [3.8, 4) is 5.88 Å². The second-order valence-electron chi connectivity index (χ2n) is 5.02. The van der Waals surface area contributed by atoms with Crippen LogP contribution in [0.2, 0.25) is 0 Å². The van der Waals surface area contributed by atoms with Gasteiger partial charge >= 0.3 is 0 Å². The summed E-state index contributed by atoms with van der Waals surface area (Å²) in [5.74, 6) is 1.55. The number of pyridine rings is 1. The van der Waals surface area contributed by atoms with Crippen molar-refractivity contribution in [1.29, 1.82) is 0 Å². The number of hydrogen-bond acceptors (Lipinski definition) is 3. The van der Waals surface area contributed by atoms with E-state index in [1.54, 1.807) is 13.3 Å². The van der Waals surface area contributed by atoms with Crippen molar-refractivity contribution >= 4 is 0 Å². The SMILES string of the molecule is COc1ncccc1CNC(C)(C)C1CC1. The molecule has 2 rings (SSSR count). The third-order valence-corrected chi connectivity index (χ3v) is 3.38. The van der Waals surface area contributed by atoms with Crippen molar-refractivity contribution in [1.82, 2.24) is 10.3 Å². The number of hydrogen-bond donors (Lipinski definition) is 1. The minimum atomic E-state index is 0.223. The van der Waals surface area contributed by atoms with E-state index < -0.39 is 0 Å². The Morgan fingerprint density at radius 1 is 1.50 bits per heavy atom. The van der Waals surface area contributed by atoms with E-state index in [-0.39, 0.29) is 5.54 Å². The molecule has 0 bridgehead atoms. The molecule has 3 nitrogen and oxygen atoms in total. The van der Waals surface area contributed by atoms with Crippen molar-refractivity contribution in [2.45, 2.75) is 38.8 Å². The second-order valence-corrected chi connectivity index (χ2v) is 5.02. The molecule has 1 saturated carbocycles. The van der Waals surface area contributed by atoms with Gasteiger partial charge in [0.2, 0.25) is 5.88 Å². The minimum absolute atomic E-state index is 0.223. The standard InChI is InChI=1S/C13H20N2O/c1-13(2,11-6-7-11)15-9-10-5-4-8-14-12(10)16-3/h4-5,8,11,15H,6-7,9H2,1-3H3. The van der Waals surface area contributed by atoms with Crippen LogP contribution >= 0.6 is 0 Å². The summed E-state index contributed by atoms with van der Waals surface area (Å²) in [4.78, 5) is 4.20. The monoisotopic (exact) mass is 220 g/mol. The van der Waals surface area contributed by atoms with Gasteiger partial charge in [-0.25, -0.2) is 4.98 Å². The first-order valence-electron chi connectivity index (χ1n) is 5.86. The molecule has 0 amide bonds. The minimum Gasteiger partial charge on any atom is -0.481 e. The van der Waals surface area contributed by atoms with Gasteiger partial charge < -0.3 is 10.1 Å². The molecule has 1 aliphatic rings. The van der Waals surface area contributed by atoms with Crippen molar-refractivity contribution in [3.63, 3.8) is 0 Å². The van der Waals surface area contributed by atoms with Crippen LogP contribution in [0, 0.1) is 5.92 Å². The van der Waals surface area contributed by atoms with E-state index in [0.29, 0.717) is 0 Å². The second kappa shape index (κ2) is 4.42. The van der Waals surface area contributed by atoms with Gasteiger partial charge in [-0.15, -0.1) is 0 Å². The molecular weight excluding hydrogens is 200 g/mol. The number of nitrogens with zero attached hydrogens (tertiary/aromatic N) is 1. The molecule has 1 aliphatic carbocycles. The number of nitrogens with one attached hydrogen (secondary N) is 1. The van der Waals surface area contributed by atoms with Gasteiger partial charge in [0.05, 0.1) is 7.11 Å². The number of ether oxygens (including phenoxy) is 1. The summed E-state index contributed by atoms with van der Waals surface area (Å²) in [7, 11) is 1.66. The van der Waals surface area contributed by atoms with Crippen molar-refractivity contribution in [2.75, 3.05) is 7.11 Å². The van der Waals surface area contributed by atoms with Gasteiger partial charge in [-0.1, -0.05) is 6.07 Å². The highest BCUT2D eigenvalue weighted by molar-refractivity contribution is 5.25. The molecule has 0 unspecified atom stereocenters. The van der Waals surface area contributed by atoms with Crippen LogP contribution in [0.15, 0.2) is 18.3 Å². The van der Waals surface area contributed by atoms with E-state index in [4.69, 9.17) is 4.74 Å². The first-order chi connectivity index (χ1) is 7.63. The van der Waals surface area contributed by atoms with Gasteiger partial charge in [0.25, 0.3) is 0 Å². The van der Waals surface area contributed by atoms with E-state index in [1.807, 2.05) is 6.07 Å². The Kier molecular flexibility index (Phi) is 3.15.